The molecule has 0 radical (unpaired) electrons. The third kappa shape index (κ3) is 3.57. The maximum atomic E-state index is 12.5. The van der Waals surface area contributed by atoms with Crippen LogP contribution in [0.4, 0.5) is 20.3 Å². The van der Waals surface area contributed by atoms with Crippen LogP contribution in [0.5, 0.6) is 0 Å². The summed E-state index contributed by atoms with van der Waals surface area (Å²) in [5.41, 5.74) is 3.65. The van der Waals surface area contributed by atoms with Gasteiger partial charge in [0.15, 0.2) is 0 Å². The second kappa shape index (κ2) is 6.03. The van der Waals surface area contributed by atoms with Crippen LogP contribution in [0.15, 0.2) is 6.07 Å². The zero-order valence-corrected chi connectivity index (χ0v) is 9.93. The Bertz CT molecular complexity index is 508. The Morgan fingerprint density at radius 3 is 2.74 bits per heavy atom. The number of nitrogen functional groups attached to an aromatic ring is 1. The van der Waals surface area contributed by atoms with Crippen molar-refractivity contribution in [1.29, 1.82) is 0 Å². The van der Waals surface area contributed by atoms with Gasteiger partial charge in [-0.15, -0.1) is 0 Å². The number of hydrogen-bond donors (Lipinski definition) is 1. The van der Waals surface area contributed by atoms with E-state index < -0.39 is 40.9 Å². The molecule has 0 bridgehead atoms. The van der Waals surface area contributed by atoms with Crippen LogP contribution in [-0.4, -0.2) is 22.5 Å². The molecule has 0 saturated heterocycles. The number of nitro groups is 1. The SMILES string of the molecule is CCOC(=O)Cc1cc(C(F)F)nc(N)c1[N+](=O)[O-]. The maximum absolute atomic E-state index is 12.5. The molecule has 0 atom stereocenters. The molecule has 0 spiro atoms. The molecule has 0 fully saturated rings. The van der Waals surface area contributed by atoms with E-state index in [0.29, 0.717) is 0 Å². The van der Waals surface area contributed by atoms with Crippen molar-refractivity contribution in [3.63, 3.8) is 0 Å². The number of ether oxygens (including phenoxy) is 1. The lowest BCUT2D eigenvalue weighted by atomic mass is 10.1. The van der Waals surface area contributed by atoms with Crippen molar-refractivity contribution in [1.82, 2.24) is 4.98 Å². The van der Waals surface area contributed by atoms with Crippen LogP contribution in [0.2, 0.25) is 0 Å². The summed E-state index contributed by atoms with van der Waals surface area (Å²) in [6.07, 6.45) is -3.46. The van der Waals surface area contributed by atoms with Crippen LogP contribution in [0.1, 0.15) is 24.6 Å². The Balaban J connectivity index is 3.24. The number of nitrogens with zero attached hydrogens (tertiary/aromatic N) is 2. The van der Waals surface area contributed by atoms with Gasteiger partial charge in [0.1, 0.15) is 5.69 Å². The van der Waals surface area contributed by atoms with Crippen LogP contribution in [0.25, 0.3) is 0 Å². The lowest BCUT2D eigenvalue weighted by molar-refractivity contribution is -0.384. The average Bonchev–Trinajstić information content (AvgIpc) is 2.27. The van der Waals surface area contributed by atoms with Crippen LogP contribution in [0.3, 0.4) is 0 Å². The summed E-state index contributed by atoms with van der Waals surface area (Å²) < 4.78 is 29.7. The first-order valence-electron chi connectivity index (χ1n) is 5.24. The van der Waals surface area contributed by atoms with Gasteiger partial charge in [0.05, 0.1) is 18.0 Å². The first kappa shape index (κ1) is 14.7. The number of anilines is 1. The molecule has 1 heterocycles. The fourth-order valence-corrected chi connectivity index (χ4v) is 1.46. The molecule has 7 nitrogen and oxygen atoms in total. The number of carbonyl (C=O) groups is 1. The van der Waals surface area contributed by atoms with Gasteiger partial charge in [-0.05, 0) is 13.0 Å². The van der Waals surface area contributed by atoms with E-state index in [4.69, 9.17) is 5.73 Å². The Morgan fingerprint density at radius 2 is 2.26 bits per heavy atom. The largest absolute Gasteiger partial charge is 0.466 e. The molecule has 1 aromatic heterocycles. The molecule has 104 valence electrons. The number of esters is 1. The van der Waals surface area contributed by atoms with E-state index in [1.807, 2.05) is 0 Å². The second-order valence-electron chi connectivity index (χ2n) is 3.48. The number of hydrogen-bond acceptors (Lipinski definition) is 6. The molecular formula is C10H11F2N3O4. The molecule has 1 rings (SSSR count). The van der Waals surface area contributed by atoms with E-state index in [9.17, 15) is 23.7 Å². The topological polar surface area (TPSA) is 108 Å². The molecule has 1 aromatic rings. The van der Waals surface area contributed by atoms with E-state index in [1.165, 1.54) is 0 Å². The fourth-order valence-electron chi connectivity index (χ4n) is 1.46. The first-order chi connectivity index (χ1) is 8.86. The Kier molecular flexibility index (Phi) is 4.67. The highest BCUT2D eigenvalue weighted by molar-refractivity contribution is 5.76. The highest BCUT2D eigenvalue weighted by atomic mass is 19.3. The number of aromatic nitrogens is 1. The van der Waals surface area contributed by atoms with Crippen molar-refractivity contribution < 1.29 is 23.2 Å². The Labute approximate surface area is 106 Å². The van der Waals surface area contributed by atoms with E-state index in [2.05, 4.69) is 9.72 Å². The number of halogens is 2. The number of nitrogens with two attached hydrogens (primary N) is 1. The van der Waals surface area contributed by atoms with Crippen molar-refractivity contribution in [3.8, 4) is 0 Å². The molecule has 19 heavy (non-hydrogen) atoms. The predicted molar refractivity (Wildman–Crippen MR) is 60.6 cm³/mol. The molecule has 0 aliphatic heterocycles. The van der Waals surface area contributed by atoms with Gasteiger partial charge in [-0.3, -0.25) is 14.9 Å². The van der Waals surface area contributed by atoms with Crippen molar-refractivity contribution in [2.45, 2.75) is 19.8 Å². The first-order valence-corrected chi connectivity index (χ1v) is 5.24. The van der Waals surface area contributed by atoms with Crippen LogP contribution < -0.4 is 5.73 Å². The molecule has 0 aromatic carbocycles. The summed E-state index contributed by atoms with van der Waals surface area (Å²) in [4.78, 5) is 24.5. The highest BCUT2D eigenvalue weighted by Crippen LogP contribution is 2.29. The summed E-state index contributed by atoms with van der Waals surface area (Å²) >= 11 is 0. The number of rotatable bonds is 5. The van der Waals surface area contributed by atoms with Crippen LogP contribution in [-0.2, 0) is 16.0 Å². The van der Waals surface area contributed by atoms with Gasteiger partial charge in [0.25, 0.3) is 6.43 Å². The summed E-state index contributed by atoms with van der Waals surface area (Å²) in [5, 5.41) is 10.8. The summed E-state index contributed by atoms with van der Waals surface area (Å²) in [7, 11) is 0. The van der Waals surface area contributed by atoms with E-state index in [1.54, 1.807) is 6.92 Å². The maximum Gasteiger partial charge on any atom is 0.314 e. The number of carbonyl (C=O) groups excluding carboxylic acids is 1. The van der Waals surface area contributed by atoms with E-state index in [-0.39, 0.29) is 12.2 Å². The quantitative estimate of drug-likeness (QED) is 0.497. The van der Waals surface area contributed by atoms with E-state index >= 15 is 0 Å². The van der Waals surface area contributed by atoms with Crippen LogP contribution >= 0.6 is 0 Å². The molecule has 0 aliphatic carbocycles. The summed E-state index contributed by atoms with van der Waals surface area (Å²) in [6, 6.07) is 0.788. The predicted octanol–water partition coefficient (Wildman–Crippen LogP) is 1.62. The third-order valence-corrected chi connectivity index (χ3v) is 2.16. The average molecular weight is 275 g/mol. The van der Waals surface area contributed by atoms with Gasteiger partial charge in [0.2, 0.25) is 5.82 Å². The molecular weight excluding hydrogens is 264 g/mol. The normalized spacial score (nSPS) is 10.5. The Morgan fingerprint density at radius 1 is 1.63 bits per heavy atom. The lowest BCUT2D eigenvalue weighted by Crippen LogP contribution is -2.12. The summed E-state index contributed by atoms with van der Waals surface area (Å²) in [6.45, 7) is 1.63. The minimum absolute atomic E-state index is 0.0783. The van der Waals surface area contributed by atoms with Crippen molar-refractivity contribution in [2.24, 2.45) is 0 Å². The molecule has 0 saturated carbocycles. The van der Waals surface area contributed by atoms with Crippen molar-refractivity contribution >= 4 is 17.5 Å². The van der Waals surface area contributed by atoms with Gasteiger partial charge < -0.3 is 10.5 Å². The Hall–Kier alpha value is -2.32. The highest BCUT2D eigenvalue weighted by Gasteiger charge is 2.25. The molecule has 0 amide bonds. The minimum atomic E-state index is -2.94. The van der Waals surface area contributed by atoms with E-state index in [0.717, 1.165) is 6.07 Å². The van der Waals surface area contributed by atoms with Gasteiger partial charge >= 0.3 is 11.7 Å². The monoisotopic (exact) mass is 275 g/mol. The number of alkyl halides is 2. The van der Waals surface area contributed by atoms with Gasteiger partial charge in [-0.2, -0.15) is 0 Å². The standard InChI is InChI=1S/C10H11F2N3O4/c1-2-19-7(16)4-5-3-6(9(11)12)14-10(13)8(5)15(17)18/h3,9H,2,4H2,1H3,(H2,13,14). The lowest BCUT2D eigenvalue weighted by Gasteiger charge is -2.07. The molecule has 2 N–H and O–H groups in total. The van der Waals surface area contributed by atoms with Crippen LogP contribution in [0, 0.1) is 10.1 Å². The van der Waals surface area contributed by atoms with Crippen molar-refractivity contribution in [2.75, 3.05) is 12.3 Å². The molecule has 9 heteroatoms. The smallest absolute Gasteiger partial charge is 0.314 e. The summed E-state index contributed by atoms with van der Waals surface area (Å²) in [5.74, 6) is -1.42. The van der Waals surface area contributed by atoms with Gasteiger partial charge in [-0.25, -0.2) is 13.8 Å². The number of pyridine rings is 1. The van der Waals surface area contributed by atoms with Crippen molar-refractivity contribution in [3.05, 3.63) is 27.4 Å². The zero-order chi connectivity index (χ0) is 14.6. The molecule has 0 aliphatic rings. The minimum Gasteiger partial charge on any atom is -0.466 e. The third-order valence-electron chi connectivity index (χ3n) is 2.16. The zero-order valence-electron chi connectivity index (χ0n) is 9.93. The van der Waals surface area contributed by atoms with Gasteiger partial charge in [-0.1, -0.05) is 0 Å². The second-order valence-corrected chi connectivity index (χ2v) is 3.48. The fraction of sp³-hybridized carbons (Fsp3) is 0.400. The molecule has 0 unspecified atom stereocenters. The van der Waals surface area contributed by atoms with Gasteiger partial charge in [0, 0.05) is 5.56 Å².